The van der Waals surface area contributed by atoms with Crippen LogP contribution in [0.3, 0.4) is 0 Å². The summed E-state index contributed by atoms with van der Waals surface area (Å²) in [5.41, 5.74) is 0. The van der Waals surface area contributed by atoms with E-state index in [1.807, 2.05) is 0 Å². The molecular formula is C14H13FO3. The molecule has 4 heteroatoms. The zero-order valence-corrected chi connectivity index (χ0v) is 9.67. The highest BCUT2D eigenvalue weighted by Gasteiger charge is 1.96. The first-order chi connectivity index (χ1) is 8.74. The van der Waals surface area contributed by atoms with Gasteiger partial charge in [0.15, 0.2) is 0 Å². The number of ether oxygens (including phenoxy) is 2. The van der Waals surface area contributed by atoms with Crippen molar-refractivity contribution in [1.29, 1.82) is 0 Å². The first-order valence-corrected chi connectivity index (χ1v) is 5.54. The monoisotopic (exact) mass is 248 g/mol. The molecule has 0 aliphatic heterocycles. The maximum atomic E-state index is 12.6. The van der Waals surface area contributed by atoms with E-state index in [-0.39, 0.29) is 11.6 Å². The molecule has 0 saturated carbocycles. The van der Waals surface area contributed by atoms with E-state index < -0.39 is 0 Å². The van der Waals surface area contributed by atoms with Gasteiger partial charge >= 0.3 is 0 Å². The normalized spacial score (nSPS) is 10.1. The molecule has 1 N–H and O–H groups in total. The molecule has 0 aliphatic carbocycles. The van der Waals surface area contributed by atoms with Crippen LogP contribution in [0, 0.1) is 5.82 Å². The lowest BCUT2D eigenvalue weighted by atomic mass is 10.3. The van der Waals surface area contributed by atoms with Gasteiger partial charge in [-0.2, -0.15) is 0 Å². The van der Waals surface area contributed by atoms with Gasteiger partial charge in [-0.25, -0.2) is 4.39 Å². The van der Waals surface area contributed by atoms with Crippen molar-refractivity contribution in [2.24, 2.45) is 0 Å². The Morgan fingerprint density at radius 3 is 1.72 bits per heavy atom. The van der Waals surface area contributed by atoms with Crippen LogP contribution in [0.5, 0.6) is 17.2 Å². The molecule has 0 aliphatic rings. The fourth-order valence-electron chi connectivity index (χ4n) is 1.39. The van der Waals surface area contributed by atoms with E-state index in [1.54, 1.807) is 36.4 Å². The summed E-state index contributed by atoms with van der Waals surface area (Å²) in [7, 11) is 0. The Morgan fingerprint density at radius 2 is 1.22 bits per heavy atom. The minimum atomic E-state index is -0.289. The van der Waals surface area contributed by atoms with Gasteiger partial charge in [0.25, 0.3) is 0 Å². The van der Waals surface area contributed by atoms with E-state index in [4.69, 9.17) is 14.6 Å². The zero-order valence-electron chi connectivity index (χ0n) is 9.67. The van der Waals surface area contributed by atoms with Crippen molar-refractivity contribution in [3.8, 4) is 17.2 Å². The van der Waals surface area contributed by atoms with Gasteiger partial charge in [0.05, 0.1) is 0 Å². The Balaban J connectivity index is 1.73. The predicted octanol–water partition coefficient (Wildman–Crippen LogP) is 2.99. The number of halogens is 1. The molecule has 0 saturated heterocycles. The van der Waals surface area contributed by atoms with Crippen LogP contribution in [-0.4, -0.2) is 18.3 Å². The molecule has 0 unspecified atom stereocenters. The molecule has 94 valence electrons. The van der Waals surface area contributed by atoms with Crippen LogP contribution in [0.15, 0.2) is 48.5 Å². The second-order valence-corrected chi connectivity index (χ2v) is 3.64. The highest BCUT2D eigenvalue weighted by atomic mass is 19.1. The number of phenolic OH excluding ortho intramolecular Hbond substituents is 1. The lowest BCUT2D eigenvalue weighted by Gasteiger charge is -2.08. The van der Waals surface area contributed by atoms with E-state index in [1.165, 1.54) is 12.1 Å². The average Bonchev–Trinajstić information content (AvgIpc) is 2.39. The fraction of sp³-hybridized carbons (Fsp3) is 0.143. The summed E-state index contributed by atoms with van der Waals surface area (Å²) in [5.74, 6) is 1.17. The highest BCUT2D eigenvalue weighted by molar-refractivity contribution is 5.30. The summed E-state index contributed by atoms with van der Waals surface area (Å²) in [5, 5.41) is 9.09. The number of hydrogen-bond acceptors (Lipinski definition) is 3. The molecule has 0 fully saturated rings. The minimum absolute atomic E-state index is 0.199. The molecule has 2 aromatic carbocycles. The quantitative estimate of drug-likeness (QED) is 0.827. The molecule has 2 aromatic rings. The fourth-order valence-corrected chi connectivity index (χ4v) is 1.39. The third-order valence-corrected chi connectivity index (χ3v) is 2.27. The van der Waals surface area contributed by atoms with Gasteiger partial charge in [0.1, 0.15) is 36.3 Å². The van der Waals surface area contributed by atoms with Gasteiger partial charge in [-0.3, -0.25) is 0 Å². The van der Waals surface area contributed by atoms with Crippen molar-refractivity contribution in [3.63, 3.8) is 0 Å². The van der Waals surface area contributed by atoms with Crippen LogP contribution in [-0.2, 0) is 0 Å². The molecule has 0 bridgehead atoms. The first kappa shape index (κ1) is 12.2. The highest BCUT2D eigenvalue weighted by Crippen LogP contribution is 2.16. The Kier molecular flexibility index (Phi) is 4.02. The number of hydrogen-bond donors (Lipinski definition) is 1. The first-order valence-electron chi connectivity index (χ1n) is 5.54. The van der Waals surface area contributed by atoms with Gasteiger partial charge in [-0.1, -0.05) is 0 Å². The van der Waals surface area contributed by atoms with Crippen molar-refractivity contribution in [2.75, 3.05) is 13.2 Å². The Labute approximate surface area is 104 Å². The summed E-state index contributed by atoms with van der Waals surface area (Å²) >= 11 is 0. The van der Waals surface area contributed by atoms with Crippen molar-refractivity contribution < 1.29 is 19.0 Å². The van der Waals surface area contributed by atoms with Gasteiger partial charge in [0.2, 0.25) is 0 Å². The second-order valence-electron chi connectivity index (χ2n) is 3.64. The van der Waals surface area contributed by atoms with Crippen molar-refractivity contribution in [3.05, 3.63) is 54.3 Å². The topological polar surface area (TPSA) is 38.7 Å². The maximum absolute atomic E-state index is 12.6. The van der Waals surface area contributed by atoms with Crippen LogP contribution in [0.2, 0.25) is 0 Å². The van der Waals surface area contributed by atoms with Crippen LogP contribution in [0.1, 0.15) is 0 Å². The van der Waals surface area contributed by atoms with Crippen molar-refractivity contribution >= 4 is 0 Å². The maximum Gasteiger partial charge on any atom is 0.123 e. The lowest BCUT2D eigenvalue weighted by Crippen LogP contribution is -2.08. The van der Waals surface area contributed by atoms with Gasteiger partial charge < -0.3 is 14.6 Å². The molecule has 0 aromatic heterocycles. The largest absolute Gasteiger partial charge is 0.508 e. The van der Waals surface area contributed by atoms with Crippen LogP contribution >= 0.6 is 0 Å². The third kappa shape index (κ3) is 3.66. The lowest BCUT2D eigenvalue weighted by molar-refractivity contribution is 0.217. The number of rotatable bonds is 5. The van der Waals surface area contributed by atoms with Gasteiger partial charge in [0, 0.05) is 0 Å². The van der Waals surface area contributed by atoms with E-state index >= 15 is 0 Å². The number of phenols is 1. The molecule has 3 nitrogen and oxygen atoms in total. The van der Waals surface area contributed by atoms with E-state index in [0.29, 0.717) is 24.7 Å². The molecule has 2 rings (SSSR count). The minimum Gasteiger partial charge on any atom is -0.508 e. The Hall–Kier alpha value is -2.23. The van der Waals surface area contributed by atoms with Crippen LogP contribution < -0.4 is 9.47 Å². The van der Waals surface area contributed by atoms with Gasteiger partial charge in [-0.05, 0) is 48.5 Å². The predicted molar refractivity (Wildman–Crippen MR) is 65.5 cm³/mol. The second kappa shape index (κ2) is 5.91. The van der Waals surface area contributed by atoms with E-state index in [9.17, 15) is 4.39 Å². The summed E-state index contributed by atoms with van der Waals surface area (Å²) in [4.78, 5) is 0. The van der Waals surface area contributed by atoms with Crippen molar-refractivity contribution in [1.82, 2.24) is 0 Å². The average molecular weight is 248 g/mol. The molecule has 18 heavy (non-hydrogen) atoms. The number of benzene rings is 2. The molecular weight excluding hydrogens is 235 g/mol. The Bertz CT molecular complexity index is 432. The molecule has 0 spiro atoms. The summed E-state index contributed by atoms with van der Waals surface area (Å²) in [6.45, 7) is 0.745. The van der Waals surface area contributed by atoms with Crippen molar-refractivity contribution in [2.45, 2.75) is 0 Å². The van der Waals surface area contributed by atoms with Crippen LogP contribution in [0.25, 0.3) is 0 Å². The summed E-state index contributed by atoms with van der Waals surface area (Å²) in [6, 6.07) is 12.3. The van der Waals surface area contributed by atoms with Crippen LogP contribution in [0.4, 0.5) is 4.39 Å². The SMILES string of the molecule is Oc1ccc(OCCOc2ccc(F)cc2)cc1. The molecule has 0 amide bonds. The third-order valence-electron chi connectivity index (χ3n) is 2.27. The standard InChI is InChI=1S/C14H13FO3/c15-11-1-5-13(6-2-11)17-9-10-18-14-7-3-12(16)4-8-14/h1-8,16H,9-10H2. The summed E-state index contributed by atoms with van der Waals surface area (Å²) < 4.78 is 23.4. The van der Waals surface area contributed by atoms with E-state index in [2.05, 4.69) is 0 Å². The zero-order chi connectivity index (χ0) is 12.8. The summed E-state index contributed by atoms with van der Waals surface area (Å²) in [6.07, 6.45) is 0. The molecule has 0 heterocycles. The smallest absolute Gasteiger partial charge is 0.123 e. The van der Waals surface area contributed by atoms with E-state index in [0.717, 1.165) is 0 Å². The molecule has 0 atom stereocenters. The number of aromatic hydroxyl groups is 1. The molecule has 0 radical (unpaired) electrons. The Morgan fingerprint density at radius 1 is 0.778 bits per heavy atom. The van der Waals surface area contributed by atoms with Gasteiger partial charge in [-0.15, -0.1) is 0 Å².